The highest BCUT2D eigenvalue weighted by Crippen LogP contribution is 2.13. The lowest BCUT2D eigenvalue weighted by molar-refractivity contribution is 0.792. The van der Waals surface area contributed by atoms with Gasteiger partial charge in [0.25, 0.3) is 0 Å². The molecule has 1 aromatic carbocycles. The molecule has 5 nitrogen and oxygen atoms in total. The van der Waals surface area contributed by atoms with Gasteiger partial charge >= 0.3 is 0 Å². The van der Waals surface area contributed by atoms with Crippen molar-refractivity contribution in [3.05, 3.63) is 42.4 Å². The fraction of sp³-hybridized carbons (Fsp3) is 0.0909. The summed E-state index contributed by atoms with van der Waals surface area (Å²) in [5.74, 6) is 0.985. The Labute approximate surface area is 102 Å². The van der Waals surface area contributed by atoms with Crippen molar-refractivity contribution < 1.29 is 0 Å². The van der Waals surface area contributed by atoms with E-state index >= 15 is 0 Å². The molecule has 0 N–H and O–H groups in total. The average Bonchev–Trinajstić information content (AvgIpc) is 2.83. The summed E-state index contributed by atoms with van der Waals surface area (Å²) in [4.78, 5) is 8.43. The summed E-state index contributed by atoms with van der Waals surface area (Å²) in [7, 11) is 0. The summed E-state index contributed by atoms with van der Waals surface area (Å²) in [6.07, 6.45) is 3.28. The minimum Gasteiger partial charge on any atom is -0.254 e. The van der Waals surface area contributed by atoms with Crippen molar-refractivity contribution in [3.63, 3.8) is 0 Å². The number of halogens is 1. The molecule has 3 aromatic rings. The minimum atomic E-state index is 0.353. The Bertz CT molecular complexity index is 646. The maximum absolute atomic E-state index is 5.66. The SMILES string of the molecule is ClCc1cnc(-n2nnc3ccccc32)cn1. The van der Waals surface area contributed by atoms with Gasteiger partial charge in [0.05, 0.1) is 29.5 Å². The van der Waals surface area contributed by atoms with Crippen molar-refractivity contribution >= 4 is 22.6 Å². The third-order valence-corrected chi connectivity index (χ3v) is 2.67. The minimum absolute atomic E-state index is 0.353. The zero-order valence-corrected chi connectivity index (χ0v) is 9.54. The molecule has 0 atom stereocenters. The third kappa shape index (κ3) is 1.74. The predicted octanol–water partition coefficient (Wildman–Crippen LogP) is 1.95. The highest BCUT2D eigenvalue weighted by Gasteiger charge is 2.06. The van der Waals surface area contributed by atoms with E-state index in [-0.39, 0.29) is 0 Å². The van der Waals surface area contributed by atoms with Gasteiger partial charge in [-0.25, -0.2) is 4.98 Å². The molecule has 0 aliphatic carbocycles. The van der Waals surface area contributed by atoms with Crippen LogP contribution in [-0.4, -0.2) is 25.0 Å². The first-order valence-corrected chi connectivity index (χ1v) is 5.59. The fourth-order valence-electron chi connectivity index (χ4n) is 1.56. The number of rotatable bonds is 2. The second-order valence-electron chi connectivity index (χ2n) is 3.49. The lowest BCUT2D eigenvalue weighted by atomic mass is 10.3. The third-order valence-electron chi connectivity index (χ3n) is 2.40. The second kappa shape index (κ2) is 4.10. The lowest BCUT2D eigenvalue weighted by Crippen LogP contribution is -2.01. The largest absolute Gasteiger partial charge is 0.254 e. The van der Waals surface area contributed by atoms with Crippen LogP contribution in [0.5, 0.6) is 0 Å². The molecule has 6 heteroatoms. The van der Waals surface area contributed by atoms with Gasteiger partial charge in [0.15, 0.2) is 5.82 Å². The molecule has 0 unspecified atom stereocenters. The first-order valence-electron chi connectivity index (χ1n) is 5.06. The number of hydrogen-bond acceptors (Lipinski definition) is 4. The predicted molar refractivity (Wildman–Crippen MR) is 64.0 cm³/mol. The lowest BCUT2D eigenvalue weighted by Gasteiger charge is -2.00. The maximum atomic E-state index is 5.66. The van der Waals surface area contributed by atoms with Crippen LogP contribution in [-0.2, 0) is 5.88 Å². The van der Waals surface area contributed by atoms with Crippen LogP contribution in [0, 0.1) is 0 Å². The maximum Gasteiger partial charge on any atom is 0.174 e. The van der Waals surface area contributed by atoms with Crippen molar-refractivity contribution in [1.29, 1.82) is 0 Å². The Morgan fingerprint density at radius 1 is 1.12 bits per heavy atom. The van der Waals surface area contributed by atoms with E-state index in [4.69, 9.17) is 11.6 Å². The fourth-order valence-corrected chi connectivity index (χ4v) is 1.70. The van der Waals surface area contributed by atoms with Crippen molar-refractivity contribution in [2.45, 2.75) is 5.88 Å². The van der Waals surface area contributed by atoms with Gasteiger partial charge < -0.3 is 0 Å². The van der Waals surface area contributed by atoms with E-state index in [0.717, 1.165) is 16.7 Å². The topological polar surface area (TPSA) is 56.5 Å². The van der Waals surface area contributed by atoms with E-state index in [1.54, 1.807) is 17.1 Å². The van der Waals surface area contributed by atoms with E-state index < -0.39 is 0 Å². The van der Waals surface area contributed by atoms with Crippen LogP contribution in [0.2, 0.25) is 0 Å². The van der Waals surface area contributed by atoms with Crippen molar-refractivity contribution in [1.82, 2.24) is 25.0 Å². The van der Waals surface area contributed by atoms with Crippen LogP contribution in [0.15, 0.2) is 36.7 Å². The zero-order chi connectivity index (χ0) is 11.7. The van der Waals surface area contributed by atoms with E-state index in [1.165, 1.54) is 0 Å². The zero-order valence-electron chi connectivity index (χ0n) is 8.79. The van der Waals surface area contributed by atoms with E-state index in [0.29, 0.717) is 11.7 Å². The van der Waals surface area contributed by atoms with Crippen LogP contribution < -0.4 is 0 Å². The highest BCUT2D eigenvalue weighted by molar-refractivity contribution is 6.16. The monoisotopic (exact) mass is 245 g/mol. The highest BCUT2D eigenvalue weighted by atomic mass is 35.5. The van der Waals surface area contributed by atoms with Gasteiger partial charge in [-0.15, -0.1) is 16.7 Å². The number of fused-ring (bicyclic) bond motifs is 1. The molecule has 17 heavy (non-hydrogen) atoms. The number of nitrogens with zero attached hydrogens (tertiary/aromatic N) is 5. The first kappa shape index (κ1) is 10.2. The standard InChI is InChI=1S/C11H8ClN5/c12-5-8-6-14-11(7-13-8)17-10-4-2-1-3-9(10)15-16-17/h1-4,6-7H,5H2. The molecule has 2 heterocycles. The molecule has 3 rings (SSSR count). The first-order chi connectivity index (χ1) is 8.38. The molecule has 0 aliphatic heterocycles. The molecule has 0 saturated heterocycles. The van der Waals surface area contributed by atoms with Crippen molar-refractivity contribution in [2.75, 3.05) is 0 Å². The summed E-state index contributed by atoms with van der Waals surface area (Å²) < 4.78 is 1.65. The molecule has 2 aromatic heterocycles. The van der Waals surface area contributed by atoms with Gasteiger partial charge in [-0.3, -0.25) is 4.98 Å². The molecule has 0 amide bonds. The van der Waals surface area contributed by atoms with Crippen LogP contribution >= 0.6 is 11.6 Å². The van der Waals surface area contributed by atoms with Crippen molar-refractivity contribution in [2.24, 2.45) is 0 Å². The number of hydrogen-bond donors (Lipinski definition) is 0. The summed E-state index contributed by atoms with van der Waals surface area (Å²) in [5, 5.41) is 8.11. The van der Waals surface area contributed by atoms with Gasteiger partial charge in [-0.05, 0) is 12.1 Å². The van der Waals surface area contributed by atoms with E-state index in [2.05, 4.69) is 20.3 Å². The summed E-state index contributed by atoms with van der Waals surface area (Å²) in [6.45, 7) is 0. The van der Waals surface area contributed by atoms with E-state index in [1.807, 2.05) is 24.3 Å². The molecular weight excluding hydrogens is 238 g/mol. The van der Waals surface area contributed by atoms with Gasteiger partial charge in [0, 0.05) is 0 Å². The van der Waals surface area contributed by atoms with Gasteiger partial charge in [-0.1, -0.05) is 17.3 Å². The molecule has 0 bridgehead atoms. The smallest absolute Gasteiger partial charge is 0.174 e. The molecule has 0 fully saturated rings. The number of para-hydroxylation sites is 1. The summed E-state index contributed by atoms with van der Waals surface area (Å²) >= 11 is 5.66. The molecular formula is C11H8ClN5. The Kier molecular flexibility index (Phi) is 2.45. The van der Waals surface area contributed by atoms with Crippen LogP contribution in [0.1, 0.15) is 5.69 Å². The second-order valence-corrected chi connectivity index (χ2v) is 3.76. The van der Waals surface area contributed by atoms with E-state index in [9.17, 15) is 0 Å². The molecule has 84 valence electrons. The van der Waals surface area contributed by atoms with Crippen molar-refractivity contribution in [3.8, 4) is 5.82 Å². The van der Waals surface area contributed by atoms with Crippen LogP contribution in [0.3, 0.4) is 0 Å². The molecule has 0 aliphatic rings. The molecule has 0 radical (unpaired) electrons. The molecule has 0 spiro atoms. The average molecular weight is 246 g/mol. The Morgan fingerprint density at radius 2 is 2.00 bits per heavy atom. The van der Waals surface area contributed by atoms with Crippen LogP contribution in [0.4, 0.5) is 0 Å². The summed E-state index contributed by atoms with van der Waals surface area (Å²) in [6, 6.07) is 7.69. The Morgan fingerprint density at radius 3 is 2.76 bits per heavy atom. The van der Waals surface area contributed by atoms with Crippen LogP contribution in [0.25, 0.3) is 16.9 Å². The Balaban J connectivity index is 2.13. The number of alkyl halides is 1. The number of aromatic nitrogens is 5. The number of benzene rings is 1. The normalized spacial score (nSPS) is 10.9. The molecule has 0 saturated carbocycles. The Hall–Kier alpha value is -2.01. The van der Waals surface area contributed by atoms with Gasteiger partial charge in [0.2, 0.25) is 0 Å². The van der Waals surface area contributed by atoms with Gasteiger partial charge in [0.1, 0.15) is 5.52 Å². The summed E-state index contributed by atoms with van der Waals surface area (Å²) in [5.41, 5.74) is 2.47. The van der Waals surface area contributed by atoms with Gasteiger partial charge in [-0.2, -0.15) is 4.68 Å². The quantitative estimate of drug-likeness (QED) is 0.648.